The van der Waals surface area contributed by atoms with Crippen molar-refractivity contribution in [2.24, 2.45) is 0 Å². The summed E-state index contributed by atoms with van der Waals surface area (Å²) in [6.45, 7) is 6.70. The molecule has 2 aromatic rings. The molecule has 27 heavy (non-hydrogen) atoms. The largest absolute Gasteiger partial charge is 0.629 e. The Morgan fingerprint density at radius 2 is 1.85 bits per heavy atom. The molecule has 144 valence electrons. The first-order valence-corrected chi connectivity index (χ1v) is 10.7. The molecule has 1 aliphatic heterocycles. The topological polar surface area (TPSA) is 39.5 Å². The molecule has 0 amide bonds. The fourth-order valence-electron chi connectivity index (χ4n) is 4.98. The number of benzene rings is 2. The first-order valence-electron chi connectivity index (χ1n) is 10.7. The molecule has 0 spiro atoms. The van der Waals surface area contributed by atoms with Crippen LogP contribution in [0.4, 0.5) is 5.69 Å². The minimum atomic E-state index is 0.231. The summed E-state index contributed by atoms with van der Waals surface area (Å²) in [6, 6.07) is 13.2. The Morgan fingerprint density at radius 1 is 1.07 bits per heavy atom. The molecule has 0 aromatic heterocycles. The number of nitrogens with one attached hydrogen (secondary N) is 2. The van der Waals surface area contributed by atoms with Crippen molar-refractivity contribution < 1.29 is 5.06 Å². The normalized spacial score (nSPS) is 21.2. The van der Waals surface area contributed by atoms with E-state index in [2.05, 4.69) is 36.5 Å². The van der Waals surface area contributed by atoms with Gasteiger partial charge in [-0.1, -0.05) is 44.0 Å². The molecule has 2 aliphatic rings. The highest BCUT2D eigenvalue weighted by Crippen LogP contribution is 2.41. The van der Waals surface area contributed by atoms with Gasteiger partial charge in [-0.15, -0.1) is 0 Å². The molecule has 3 nitrogen and oxygen atoms in total. The van der Waals surface area contributed by atoms with E-state index < -0.39 is 0 Å². The van der Waals surface area contributed by atoms with Crippen molar-refractivity contribution in [2.45, 2.75) is 64.3 Å². The van der Waals surface area contributed by atoms with Crippen LogP contribution in [0.15, 0.2) is 36.4 Å². The summed E-state index contributed by atoms with van der Waals surface area (Å²) in [5.41, 5.74) is 8.21. The summed E-state index contributed by atoms with van der Waals surface area (Å²) in [5, 5.41) is 16.1. The maximum Gasteiger partial charge on any atom is 0.131 e. The molecule has 0 radical (unpaired) electrons. The van der Waals surface area contributed by atoms with E-state index in [1.54, 1.807) is 5.56 Å². The van der Waals surface area contributed by atoms with E-state index in [0.29, 0.717) is 12.5 Å². The van der Waals surface area contributed by atoms with E-state index in [9.17, 15) is 5.21 Å². The Labute approximate surface area is 163 Å². The fraction of sp³-hybridized carbons (Fsp3) is 0.500. The van der Waals surface area contributed by atoms with Crippen molar-refractivity contribution in [1.29, 1.82) is 0 Å². The number of aryl methyl sites for hydroxylation is 1. The second kappa shape index (κ2) is 8.14. The number of hydroxylamine groups is 1. The Bertz CT molecular complexity index is 795. The third kappa shape index (κ3) is 3.69. The summed E-state index contributed by atoms with van der Waals surface area (Å²) in [4.78, 5) is 0. The van der Waals surface area contributed by atoms with Crippen molar-refractivity contribution in [1.82, 2.24) is 5.32 Å². The molecular formula is C24H32N2O. The smallest absolute Gasteiger partial charge is 0.131 e. The van der Waals surface area contributed by atoms with Crippen LogP contribution in [0.1, 0.15) is 79.2 Å². The molecular weight excluding hydrogens is 332 g/mol. The van der Waals surface area contributed by atoms with Gasteiger partial charge in [-0.3, -0.25) is 0 Å². The lowest BCUT2D eigenvalue weighted by Crippen LogP contribution is -3.01. The number of hydrogen-bond donors (Lipinski definition) is 2. The number of fused-ring (bicyclic) bond motifs is 1. The molecule has 1 fully saturated rings. The summed E-state index contributed by atoms with van der Waals surface area (Å²) in [7, 11) is 0. The molecule has 1 heterocycles. The molecule has 2 N–H and O–H groups in total. The Hall–Kier alpha value is -1.68. The Morgan fingerprint density at radius 3 is 2.59 bits per heavy atom. The van der Waals surface area contributed by atoms with Gasteiger partial charge in [0.15, 0.2) is 0 Å². The maximum absolute atomic E-state index is 12.2. The van der Waals surface area contributed by atoms with Crippen LogP contribution in [-0.2, 0) is 13.0 Å². The molecule has 4 rings (SSSR count). The van der Waals surface area contributed by atoms with Crippen molar-refractivity contribution in [3.05, 3.63) is 69.4 Å². The van der Waals surface area contributed by atoms with Crippen LogP contribution in [0.3, 0.4) is 0 Å². The van der Waals surface area contributed by atoms with E-state index in [-0.39, 0.29) is 5.06 Å². The van der Waals surface area contributed by atoms with Crippen LogP contribution < -0.4 is 10.4 Å². The zero-order chi connectivity index (χ0) is 18.8. The lowest BCUT2D eigenvalue weighted by molar-refractivity contribution is -0.773. The minimum absolute atomic E-state index is 0.231. The van der Waals surface area contributed by atoms with Crippen molar-refractivity contribution in [3.8, 4) is 0 Å². The zero-order valence-corrected chi connectivity index (χ0v) is 16.7. The summed E-state index contributed by atoms with van der Waals surface area (Å²) in [5.74, 6) is 1.07. The summed E-state index contributed by atoms with van der Waals surface area (Å²) >= 11 is 0. The van der Waals surface area contributed by atoms with Gasteiger partial charge < -0.3 is 15.6 Å². The Balaban J connectivity index is 1.78. The molecule has 1 aliphatic carbocycles. The van der Waals surface area contributed by atoms with E-state index in [1.165, 1.54) is 47.9 Å². The van der Waals surface area contributed by atoms with Crippen molar-refractivity contribution in [2.75, 3.05) is 13.1 Å². The van der Waals surface area contributed by atoms with Gasteiger partial charge in [0.2, 0.25) is 0 Å². The quantitative estimate of drug-likeness (QED) is 0.782. The standard InChI is InChI=1S/C24H32N2O/c1-3-17-12-21(18-8-5-6-9-18)24-16-25-15-23(22(24)13-17)19-10-7-11-20(14-19)26(27)4-2/h7,10-14,18,23,25-26H,3-6,8-9,15-16H2,1-2H3. The zero-order valence-electron chi connectivity index (χ0n) is 16.7. The van der Waals surface area contributed by atoms with Crippen molar-refractivity contribution in [3.63, 3.8) is 0 Å². The summed E-state index contributed by atoms with van der Waals surface area (Å²) in [6.07, 6.45) is 6.50. The van der Waals surface area contributed by atoms with Gasteiger partial charge >= 0.3 is 0 Å². The predicted octanol–water partition coefficient (Wildman–Crippen LogP) is 4.18. The fourth-order valence-corrected chi connectivity index (χ4v) is 4.98. The van der Waals surface area contributed by atoms with E-state index in [0.717, 1.165) is 31.1 Å². The van der Waals surface area contributed by atoms with Gasteiger partial charge in [0.05, 0.1) is 6.54 Å². The Kier molecular flexibility index (Phi) is 5.63. The summed E-state index contributed by atoms with van der Waals surface area (Å²) < 4.78 is 0. The van der Waals surface area contributed by atoms with Crippen LogP contribution in [0.25, 0.3) is 0 Å². The molecule has 2 unspecified atom stereocenters. The number of hydrogen-bond acceptors (Lipinski definition) is 2. The van der Waals surface area contributed by atoms with Crippen LogP contribution in [0, 0.1) is 5.21 Å². The third-order valence-electron chi connectivity index (χ3n) is 6.54. The SMILES string of the molecule is CCc1cc(C2CCCC2)c2c(c1)C(c1cccc([NH+]([O-])CC)c1)CNC2. The molecule has 0 saturated heterocycles. The van der Waals surface area contributed by atoms with Crippen LogP contribution in [-0.4, -0.2) is 13.1 Å². The van der Waals surface area contributed by atoms with E-state index in [4.69, 9.17) is 0 Å². The van der Waals surface area contributed by atoms with Gasteiger partial charge in [0.25, 0.3) is 0 Å². The maximum atomic E-state index is 12.2. The first-order chi connectivity index (χ1) is 13.2. The molecule has 3 heteroatoms. The van der Waals surface area contributed by atoms with Crippen LogP contribution in [0.2, 0.25) is 0 Å². The minimum Gasteiger partial charge on any atom is -0.629 e. The molecule has 1 saturated carbocycles. The molecule has 2 atom stereocenters. The van der Waals surface area contributed by atoms with Crippen molar-refractivity contribution >= 4 is 5.69 Å². The number of rotatable bonds is 5. The number of quaternary nitrogens is 1. The van der Waals surface area contributed by atoms with E-state index >= 15 is 0 Å². The van der Waals surface area contributed by atoms with Gasteiger partial charge in [-0.2, -0.15) is 0 Å². The third-order valence-corrected chi connectivity index (χ3v) is 6.54. The van der Waals surface area contributed by atoms with E-state index in [1.807, 2.05) is 19.1 Å². The highest BCUT2D eigenvalue weighted by molar-refractivity contribution is 5.50. The second-order valence-corrected chi connectivity index (χ2v) is 8.17. The lowest BCUT2D eigenvalue weighted by atomic mass is 9.79. The lowest BCUT2D eigenvalue weighted by Gasteiger charge is -2.31. The van der Waals surface area contributed by atoms with Gasteiger partial charge in [0.1, 0.15) is 5.69 Å². The highest BCUT2D eigenvalue weighted by atomic mass is 16.5. The average Bonchev–Trinajstić information content (AvgIpc) is 3.26. The molecule has 0 bridgehead atoms. The highest BCUT2D eigenvalue weighted by Gasteiger charge is 2.28. The predicted molar refractivity (Wildman–Crippen MR) is 112 cm³/mol. The second-order valence-electron chi connectivity index (χ2n) is 8.17. The first kappa shape index (κ1) is 18.7. The monoisotopic (exact) mass is 364 g/mol. The van der Waals surface area contributed by atoms with Gasteiger partial charge in [-0.25, -0.2) is 0 Å². The average molecular weight is 365 g/mol. The van der Waals surface area contributed by atoms with Gasteiger partial charge in [-0.05, 0) is 66.0 Å². The van der Waals surface area contributed by atoms with Crippen LogP contribution >= 0.6 is 0 Å². The van der Waals surface area contributed by atoms with Gasteiger partial charge in [0, 0.05) is 25.1 Å². The van der Waals surface area contributed by atoms with Crippen LogP contribution in [0.5, 0.6) is 0 Å². The molecule has 2 aromatic carbocycles.